The van der Waals surface area contributed by atoms with Gasteiger partial charge in [-0.15, -0.1) is 24.8 Å². The molecule has 6 nitrogen and oxygen atoms in total. The zero-order chi connectivity index (χ0) is 15.7. The second-order valence-corrected chi connectivity index (χ2v) is 6.35. The molecule has 0 saturated carbocycles. The maximum Gasteiger partial charge on any atom is 0.335 e. The first-order valence-electron chi connectivity index (χ1n) is 7.52. The summed E-state index contributed by atoms with van der Waals surface area (Å²) in [4.78, 5) is 13.4. The SMILES string of the molecule is COc1ccc(C(=O)O)cc1CN1CC2CNCC2(CO)C1.Cl.Cl. The van der Waals surface area contributed by atoms with Crippen molar-refractivity contribution >= 4 is 30.8 Å². The van der Waals surface area contributed by atoms with Crippen LogP contribution in [0.1, 0.15) is 15.9 Å². The van der Waals surface area contributed by atoms with Crippen LogP contribution in [-0.4, -0.2) is 61.0 Å². The Labute approximate surface area is 154 Å². The van der Waals surface area contributed by atoms with Gasteiger partial charge in [0.2, 0.25) is 0 Å². The number of hydrogen-bond acceptors (Lipinski definition) is 5. The van der Waals surface area contributed by atoms with Crippen LogP contribution in [0.5, 0.6) is 5.75 Å². The minimum atomic E-state index is -0.932. The second kappa shape index (κ2) is 8.36. The van der Waals surface area contributed by atoms with E-state index in [-0.39, 0.29) is 42.4 Å². The van der Waals surface area contributed by atoms with Gasteiger partial charge >= 0.3 is 5.97 Å². The molecule has 1 aromatic rings. The largest absolute Gasteiger partial charge is 0.496 e. The third-order valence-corrected chi connectivity index (χ3v) is 4.99. The van der Waals surface area contributed by atoms with Crippen molar-refractivity contribution < 1.29 is 19.7 Å². The molecule has 2 aliphatic rings. The highest BCUT2D eigenvalue weighted by Gasteiger charge is 2.49. The number of rotatable bonds is 5. The molecule has 0 spiro atoms. The summed E-state index contributed by atoms with van der Waals surface area (Å²) in [6.07, 6.45) is 0. The molecule has 8 heteroatoms. The van der Waals surface area contributed by atoms with Gasteiger partial charge in [-0.3, -0.25) is 4.90 Å². The molecule has 3 N–H and O–H groups in total. The van der Waals surface area contributed by atoms with Crippen LogP contribution in [0.25, 0.3) is 0 Å². The lowest BCUT2D eigenvalue weighted by molar-refractivity contribution is 0.0696. The number of carboxylic acid groups (broad SMARTS) is 1. The Morgan fingerprint density at radius 3 is 2.79 bits per heavy atom. The smallest absolute Gasteiger partial charge is 0.335 e. The normalized spacial score (nSPS) is 25.5. The third-order valence-electron chi connectivity index (χ3n) is 4.99. The fourth-order valence-corrected chi connectivity index (χ4v) is 3.75. The molecule has 24 heavy (non-hydrogen) atoms. The first kappa shape index (κ1) is 21.0. The van der Waals surface area contributed by atoms with Gasteiger partial charge in [0.05, 0.1) is 19.3 Å². The molecule has 3 rings (SSSR count). The van der Waals surface area contributed by atoms with Crippen molar-refractivity contribution in [1.82, 2.24) is 10.2 Å². The van der Waals surface area contributed by atoms with Crippen molar-refractivity contribution in [2.24, 2.45) is 11.3 Å². The van der Waals surface area contributed by atoms with E-state index in [1.165, 1.54) is 0 Å². The van der Waals surface area contributed by atoms with E-state index in [0.29, 0.717) is 18.2 Å². The summed E-state index contributed by atoms with van der Waals surface area (Å²) in [5, 5.41) is 22.3. The van der Waals surface area contributed by atoms with Crippen molar-refractivity contribution in [3.8, 4) is 5.75 Å². The summed E-state index contributed by atoms with van der Waals surface area (Å²) in [5.74, 6) is 0.225. The molecular formula is C16H24Cl2N2O4. The molecular weight excluding hydrogens is 355 g/mol. The predicted octanol–water partition coefficient (Wildman–Crippen LogP) is 1.25. The lowest BCUT2D eigenvalue weighted by Crippen LogP contribution is -2.35. The van der Waals surface area contributed by atoms with Crippen LogP contribution in [-0.2, 0) is 6.54 Å². The van der Waals surface area contributed by atoms with Gasteiger partial charge in [0.25, 0.3) is 0 Å². The van der Waals surface area contributed by atoms with Crippen molar-refractivity contribution in [3.63, 3.8) is 0 Å². The molecule has 0 amide bonds. The van der Waals surface area contributed by atoms with Gasteiger partial charge in [0, 0.05) is 37.2 Å². The van der Waals surface area contributed by atoms with Gasteiger partial charge < -0.3 is 20.3 Å². The number of carbonyl (C=O) groups is 1. The minimum absolute atomic E-state index is 0. The van der Waals surface area contributed by atoms with E-state index >= 15 is 0 Å². The number of ether oxygens (including phenoxy) is 1. The molecule has 2 atom stereocenters. The number of aromatic carboxylic acids is 1. The van der Waals surface area contributed by atoms with E-state index in [1.54, 1.807) is 25.3 Å². The van der Waals surface area contributed by atoms with Gasteiger partial charge in [-0.2, -0.15) is 0 Å². The van der Waals surface area contributed by atoms with Gasteiger partial charge in [-0.1, -0.05) is 0 Å². The lowest BCUT2D eigenvalue weighted by atomic mass is 9.82. The number of fused-ring (bicyclic) bond motifs is 1. The van der Waals surface area contributed by atoms with E-state index in [2.05, 4.69) is 10.2 Å². The molecule has 2 unspecified atom stereocenters. The van der Waals surface area contributed by atoms with Gasteiger partial charge in [-0.25, -0.2) is 4.79 Å². The predicted molar refractivity (Wildman–Crippen MR) is 95.6 cm³/mol. The highest BCUT2D eigenvalue weighted by Crippen LogP contribution is 2.39. The van der Waals surface area contributed by atoms with E-state index in [1.807, 2.05) is 0 Å². The molecule has 0 radical (unpaired) electrons. The number of hydrogen-bond donors (Lipinski definition) is 3. The number of carboxylic acids is 1. The second-order valence-electron chi connectivity index (χ2n) is 6.35. The highest BCUT2D eigenvalue weighted by molar-refractivity contribution is 5.88. The molecule has 2 saturated heterocycles. The number of nitrogens with one attached hydrogen (secondary N) is 1. The Hall–Kier alpha value is -1.05. The minimum Gasteiger partial charge on any atom is -0.496 e. The van der Waals surface area contributed by atoms with Crippen molar-refractivity contribution in [2.45, 2.75) is 6.54 Å². The summed E-state index contributed by atoms with van der Waals surface area (Å²) < 4.78 is 5.35. The lowest BCUT2D eigenvalue weighted by Gasteiger charge is -2.25. The van der Waals surface area contributed by atoms with E-state index < -0.39 is 5.97 Å². The van der Waals surface area contributed by atoms with Crippen LogP contribution >= 0.6 is 24.8 Å². The molecule has 2 fully saturated rings. The van der Waals surface area contributed by atoms with Gasteiger partial charge in [0.15, 0.2) is 0 Å². The van der Waals surface area contributed by atoms with Crippen LogP contribution in [0.2, 0.25) is 0 Å². The van der Waals surface area contributed by atoms with Crippen LogP contribution in [0.15, 0.2) is 18.2 Å². The Morgan fingerprint density at radius 1 is 1.46 bits per heavy atom. The Morgan fingerprint density at radius 2 is 2.21 bits per heavy atom. The zero-order valence-corrected chi connectivity index (χ0v) is 15.2. The molecule has 2 aliphatic heterocycles. The van der Waals surface area contributed by atoms with Gasteiger partial charge in [0.1, 0.15) is 5.75 Å². The standard InChI is InChI=1S/C16H22N2O4.2ClH/c1-22-14-3-2-11(15(20)21)4-12(14)6-18-7-13-5-17-8-16(13,9-18)10-19;;/h2-4,13,17,19H,5-10H2,1H3,(H,20,21);2*1H. The maximum absolute atomic E-state index is 11.2. The zero-order valence-electron chi connectivity index (χ0n) is 13.5. The van der Waals surface area contributed by atoms with Crippen molar-refractivity contribution in [3.05, 3.63) is 29.3 Å². The average Bonchev–Trinajstić information content (AvgIpc) is 3.04. The summed E-state index contributed by atoms with van der Waals surface area (Å²) in [6.45, 7) is 4.34. The number of aliphatic hydroxyl groups is 1. The summed E-state index contributed by atoms with van der Waals surface area (Å²) in [7, 11) is 1.59. The Kier molecular flexibility index (Phi) is 7.31. The van der Waals surface area contributed by atoms with Crippen molar-refractivity contribution in [2.75, 3.05) is 39.9 Å². The van der Waals surface area contributed by atoms with Crippen LogP contribution in [0.3, 0.4) is 0 Å². The van der Waals surface area contributed by atoms with E-state index in [9.17, 15) is 9.90 Å². The summed E-state index contributed by atoms with van der Waals surface area (Å²) in [5.41, 5.74) is 1.09. The van der Waals surface area contributed by atoms with Crippen LogP contribution in [0, 0.1) is 11.3 Å². The number of likely N-dealkylation sites (tertiary alicyclic amines) is 1. The highest BCUT2D eigenvalue weighted by atomic mass is 35.5. The fourth-order valence-electron chi connectivity index (χ4n) is 3.75. The maximum atomic E-state index is 11.2. The molecule has 1 aromatic carbocycles. The van der Waals surface area contributed by atoms with E-state index in [4.69, 9.17) is 9.84 Å². The summed E-state index contributed by atoms with van der Waals surface area (Å²) >= 11 is 0. The number of nitrogens with zero attached hydrogens (tertiary/aromatic N) is 1. The van der Waals surface area contributed by atoms with Crippen molar-refractivity contribution in [1.29, 1.82) is 0 Å². The van der Waals surface area contributed by atoms with E-state index in [0.717, 1.165) is 31.7 Å². The number of halogens is 2. The molecule has 136 valence electrons. The number of aliphatic hydroxyl groups excluding tert-OH is 1. The molecule has 0 aliphatic carbocycles. The monoisotopic (exact) mass is 378 g/mol. The first-order chi connectivity index (χ1) is 10.6. The third kappa shape index (κ3) is 3.78. The average molecular weight is 379 g/mol. The summed E-state index contributed by atoms with van der Waals surface area (Å²) in [6, 6.07) is 4.95. The molecule has 2 heterocycles. The topological polar surface area (TPSA) is 82.0 Å². The molecule has 0 bridgehead atoms. The molecule has 0 aromatic heterocycles. The Balaban J connectivity index is 0.00000144. The van der Waals surface area contributed by atoms with Crippen LogP contribution in [0.4, 0.5) is 0 Å². The van der Waals surface area contributed by atoms with Crippen LogP contribution < -0.4 is 10.1 Å². The fraction of sp³-hybridized carbons (Fsp3) is 0.562. The quantitative estimate of drug-likeness (QED) is 0.715. The Bertz CT molecular complexity index is 587. The number of methoxy groups -OCH3 is 1. The number of benzene rings is 1. The van der Waals surface area contributed by atoms with Gasteiger partial charge in [-0.05, 0) is 30.7 Å². The first-order valence-corrected chi connectivity index (χ1v) is 7.52.